The minimum Gasteiger partial charge on any atom is -0.545 e. The summed E-state index contributed by atoms with van der Waals surface area (Å²) in [7, 11) is 0. The number of halogens is 2. The fourth-order valence-corrected chi connectivity index (χ4v) is 0.463. The van der Waals surface area contributed by atoms with E-state index in [1.165, 1.54) is 23.8 Å². The van der Waals surface area contributed by atoms with E-state index in [0.717, 1.165) is 0 Å². The molecule has 0 heterocycles. The zero-order chi connectivity index (χ0) is 11.7. The average Bonchev–Trinajstić information content (AvgIpc) is 2.15. The number of carbonyl (C=O) groups is 2. The van der Waals surface area contributed by atoms with Gasteiger partial charge < -0.3 is 19.8 Å². The van der Waals surface area contributed by atoms with E-state index in [0.29, 0.717) is 0 Å². The minimum absolute atomic E-state index is 0. The van der Waals surface area contributed by atoms with Gasteiger partial charge in [-0.1, -0.05) is 31.9 Å². The summed E-state index contributed by atoms with van der Waals surface area (Å²) in [5.41, 5.74) is 0.389. The summed E-state index contributed by atoms with van der Waals surface area (Å²) in [5.74, 6) is -2.28. The molecule has 0 aliphatic carbocycles. The van der Waals surface area contributed by atoms with Gasteiger partial charge in [-0.3, -0.25) is 0 Å². The Bertz CT molecular complexity index is 246. The zero-order valence-corrected chi connectivity index (χ0v) is 14.4. The second kappa shape index (κ2) is 12.1. The van der Waals surface area contributed by atoms with Gasteiger partial charge in [0, 0.05) is 0 Å². The molecule has 0 aromatic heterocycles. The van der Waals surface area contributed by atoms with Crippen molar-refractivity contribution >= 4 is 43.8 Å². The number of hydrogen-bond acceptors (Lipinski definition) is 4. The molecule has 0 bridgehead atoms. The predicted octanol–water partition coefficient (Wildman–Crippen LogP) is 0.0675. The summed E-state index contributed by atoms with van der Waals surface area (Å²) in [6, 6.07) is 0. The van der Waals surface area contributed by atoms with Gasteiger partial charge in [-0.25, -0.2) is 0 Å². The minimum atomic E-state index is -1.14. The number of hydrogen-bond donors (Lipinski definition) is 0. The average molecular weight is 393 g/mol. The van der Waals surface area contributed by atoms with Gasteiger partial charge in [-0.2, -0.15) is 0 Å². The van der Waals surface area contributed by atoms with Gasteiger partial charge in [0.1, 0.15) is 0 Å². The molecule has 0 atom stereocenters. The van der Waals surface area contributed by atoms with Gasteiger partial charge in [0.2, 0.25) is 0 Å². The van der Waals surface area contributed by atoms with E-state index in [9.17, 15) is 19.8 Å². The van der Waals surface area contributed by atoms with Crippen LogP contribution in [0.25, 0.3) is 0 Å². The van der Waals surface area contributed by atoms with Crippen molar-refractivity contribution in [2.75, 3.05) is 0 Å². The Balaban J connectivity index is -0.000000180. The van der Waals surface area contributed by atoms with Gasteiger partial charge in [0.05, 0.1) is 11.9 Å². The molecule has 0 aromatic rings. The molecule has 0 radical (unpaired) electrons. The topological polar surface area (TPSA) is 80.3 Å². The van der Waals surface area contributed by atoms with Crippen molar-refractivity contribution in [3.05, 3.63) is 21.1 Å². The van der Waals surface area contributed by atoms with Crippen molar-refractivity contribution in [1.29, 1.82) is 0 Å². The summed E-state index contributed by atoms with van der Waals surface area (Å²) in [5, 5.41) is 19.4. The molecule has 15 heavy (non-hydrogen) atoms. The van der Waals surface area contributed by atoms with Gasteiger partial charge in [-0.15, -0.1) is 0 Å². The van der Waals surface area contributed by atoms with Gasteiger partial charge >= 0.3 is 19.5 Å². The third-order valence-electron chi connectivity index (χ3n) is 0.971. The van der Waals surface area contributed by atoms with E-state index in [1.54, 1.807) is 0 Å². The van der Waals surface area contributed by atoms with Crippen molar-refractivity contribution in [2.45, 2.75) is 13.8 Å². The van der Waals surface area contributed by atoms with Crippen molar-refractivity contribution in [1.82, 2.24) is 0 Å². The Kier molecular flexibility index (Phi) is 16.4. The second-order valence-corrected chi connectivity index (χ2v) is 3.07. The molecule has 0 unspecified atom stereocenters. The molecule has 0 aromatic carbocycles. The first-order chi connectivity index (χ1) is 6.36. The Morgan fingerprint density at radius 2 is 1.13 bits per heavy atom. The molecule has 0 rings (SSSR count). The smallest absolute Gasteiger partial charge is 0.545 e. The van der Waals surface area contributed by atoms with Gasteiger partial charge in [0.25, 0.3) is 0 Å². The van der Waals surface area contributed by atoms with Crippen LogP contribution in [0.15, 0.2) is 21.1 Å². The molecule has 0 N–H and O–H groups in total. The zero-order valence-electron chi connectivity index (χ0n) is 8.25. The first kappa shape index (κ1) is 20.4. The normalized spacial score (nSPS) is 10.7. The molecule has 0 saturated carbocycles. The maximum Gasteiger partial charge on any atom is 2.00 e. The van der Waals surface area contributed by atoms with Crippen LogP contribution in [0.1, 0.15) is 13.8 Å². The largest absolute Gasteiger partial charge is 2.00 e. The van der Waals surface area contributed by atoms with Crippen molar-refractivity contribution in [2.24, 2.45) is 0 Å². The quantitative estimate of drug-likeness (QED) is 0.491. The van der Waals surface area contributed by atoms with Crippen molar-refractivity contribution in [3.8, 4) is 0 Å². The second-order valence-electron chi connectivity index (χ2n) is 2.16. The third-order valence-corrected chi connectivity index (χ3v) is 2.34. The molecule has 0 saturated heterocycles. The Labute approximate surface area is 117 Å². The summed E-state index contributed by atoms with van der Waals surface area (Å²) in [6.45, 7) is 2.90. The van der Waals surface area contributed by atoms with Crippen LogP contribution in [-0.2, 0) is 29.1 Å². The number of carboxylic acids is 2. The van der Waals surface area contributed by atoms with Gasteiger partial charge in [0.15, 0.2) is 0 Å². The van der Waals surface area contributed by atoms with E-state index in [2.05, 4.69) is 31.9 Å². The fraction of sp³-hybridized carbons (Fsp3) is 0.250. The van der Waals surface area contributed by atoms with Crippen molar-refractivity contribution < 1.29 is 39.3 Å². The van der Waals surface area contributed by atoms with Crippen LogP contribution in [-0.4, -0.2) is 11.9 Å². The van der Waals surface area contributed by atoms with Crippen LogP contribution in [0.4, 0.5) is 0 Å². The third kappa shape index (κ3) is 14.0. The van der Waals surface area contributed by atoms with E-state index >= 15 is 0 Å². The van der Waals surface area contributed by atoms with E-state index in [-0.39, 0.29) is 30.6 Å². The molecule has 0 aliphatic heterocycles. The summed E-state index contributed by atoms with van der Waals surface area (Å²) >= 11 is 5.66. The Morgan fingerprint density at radius 1 is 0.933 bits per heavy atom. The van der Waals surface area contributed by atoms with Crippen LogP contribution in [0.3, 0.4) is 0 Å². The summed E-state index contributed by atoms with van der Waals surface area (Å²) < 4.78 is 0. The van der Waals surface area contributed by atoms with E-state index in [4.69, 9.17) is 0 Å². The van der Waals surface area contributed by atoms with Crippen LogP contribution >= 0.6 is 31.9 Å². The molecule has 0 spiro atoms. The molecule has 7 heteroatoms. The maximum atomic E-state index is 9.72. The van der Waals surface area contributed by atoms with Crippen LogP contribution in [0.2, 0.25) is 0 Å². The standard InChI is InChI=1S/2C4H5BrO2.Zn/c2*1-3(2-5)4(6)7;/h2*2H,1H3,(H,6,7);/q;;+2/p-2. The fourth-order valence-electron chi connectivity index (χ4n) is 0.0891. The van der Waals surface area contributed by atoms with Crippen molar-refractivity contribution in [3.63, 3.8) is 0 Å². The molecular formula is C8H8Br2O4Zn. The molecule has 0 aliphatic rings. The monoisotopic (exact) mass is 390 g/mol. The van der Waals surface area contributed by atoms with E-state index < -0.39 is 11.9 Å². The van der Waals surface area contributed by atoms with Crippen LogP contribution < -0.4 is 10.2 Å². The Hall–Kier alpha value is 0.00338. The van der Waals surface area contributed by atoms with Crippen LogP contribution in [0.5, 0.6) is 0 Å². The first-order valence-corrected chi connectivity index (χ1v) is 5.16. The molecule has 80 valence electrons. The summed E-state index contributed by atoms with van der Waals surface area (Å²) in [6.07, 6.45) is 0. The molecule has 4 nitrogen and oxygen atoms in total. The molecule has 0 amide bonds. The molecule has 0 fully saturated rings. The Morgan fingerprint density at radius 3 is 1.13 bits per heavy atom. The number of carbonyl (C=O) groups excluding carboxylic acids is 2. The maximum absolute atomic E-state index is 9.72. The number of rotatable bonds is 2. The first-order valence-electron chi connectivity index (χ1n) is 3.33. The van der Waals surface area contributed by atoms with E-state index in [1.807, 2.05) is 0 Å². The number of aliphatic carboxylic acids is 2. The molecular weight excluding hydrogens is 385 g/mol. The predicted molar refractivity (Wildman–Crippen MR) is 55.4 cm³/mol. The SMILES string of the molecule is CC(=CBr)C(=O)[O-].CC(=CBr)C(=O)[O-].[Zn+2]. The summed E-state index contributed by atoms with van der Waals surface area (Å²) in [4.78, 5) is 22.1. The van der Waals surface area contributed by atoms with Crippen LogP contribution in [0, 0.1) is 0 Å². The number of carboxylic acid groups (broad SMARTS) is 2. The van der Waals surface area contributed by atoms with Gasteiger partial charge in [-0.05, 0) is 35.0 Å².